The monoisotopic (exact) mass is 238 g/mol. The lowest BCUT2D eigenvalue weighted by Gasteiger charge is -2.20. The third-order valence-electron chi connectivity index (χ3n) is 3.13. The second-order valence-electron chi connectivity index (χ2n) is 4.44. The number of hydrogen-bond acceptors (Lipinski definition) is 5. The number of hydrogen-bond donors (Lipinski definition) is 0. The molecule has 1 fully saturated rings. The number of carbonyl (C=O) groups is 1. The summed E-state index contributed by atoms with van der Waals surface area (Å²) in [5.74, 6) is 1.46. The van der Waals surface area contributed by atoms with Gasteiger partial charge in [0.15, 0.2) is 5.82 Å². The highest BCUT2D eigenvalue weighted by Crippen LogP contribution is 2.15. The zero-order valence-electron chi connectivity index (χ0n) is 10.5. The van der Waals surface area contributed by atoms with Crippen molar-refractivity contribution in [2.75, 3.05) is 20.6 Å². The molecule has 0 radical (unpaired) electrons. The Bertz CT molecular complexity index is 404. The van der Waals surface area contributed by atoms with Crippen LogP contribution in [-0.2, 0) is 17.8 Å². The molecule has 0 aliphatic carbocycles. The molecule has 6 heteroatoms. The van der Waals surface area contributed by atoms with E-state index >= 15 is 0 Å². The molecular formula is C11H18N4O2. The molecule has 0 unspecified atom stereocenters. The van der Waals surface area contributed by atoms with E-state index in [9.17, 15) is 4.79 Å². The topological polar surface area (TPSA) is 62.5 Å². The first kappa shape index (κ1) is 12.0. The Kier molecular flexibility index (Phi) is 3.42. The summed E-state index contributed by atoms with van der Waals surface area (Å²) in [4.78, 5) is 19.8. The van der Waals surface area contributed by atoms with Gasteiger partial charge in [0.05, 0.1) is 12.6 Å². The van der Waals surface area contributed by atoms with Gasteiger partial charge < -0.3 is 9.42 Å². The first-order valence-electron chi connectivity index (χ1n) is 5.88. The fourth-order valence-corrected chi connectivity index (χ4v) is 2.04. The number of rotatable bonds is 4. The van der Waals surface area contributed by atoms with E-state index in [4.69, 9.17) is 4.52 Å². The summed E-state index contributed by atoms with van der Waals surface area (Å²) in [6.45, 7) is 3.34. The average molecular weight is 238 g/mol. The SMILES string of the molecule is CCc1nc(CN(C)[C@@H]2CCN(C)C2=O)no1. The number of aromatic nitrogens is 2. The van der Waals surface area contributed by atoms with Crippen molar-refractivity contribution in [3.8, 4) is 0 Å². The van der Waals surface area contributed by atoms with Crippen LogP contribution in [0.3, 0.4) is 0 Å². The number of aryl methyl sites for hydroxylation is 1. The largest absolute Gasteiger partial charge is 0.344 e. The Labute approximate surface area is 101 Å². The van der Waals surface area contributed by atoms with E-state index in [1.165, 1.54) is 0 Å². The van der Waals surface area contributed by atoms with Gasteiger partial charge >= 0.3 is 0 Å². The van der Waals surface area contributed by atoms with Crippen molar-refractivity contribution in [3.63, 3.8) is 0 Å². The van der Waals surface area contributed by atoms with Gasteiger partial charge in [-0.05, 0) is 13.5 Å². The van der Waals surface area contributed by atoms with Crippen molar-refractivity contribution in [3.05, 3.63) is 11.7 Å². The van der Waals surface area contributed by atoms with Gasteiger partial charge in [0, 0.05) is 20.0 Å². The number of carbonyl (C=O) groups excluding carboxylic acids is 1. The van der Waals surface area contributed by atoms with Crippen LogP contribution in [0.25, 0.3) is 0 Å². The van der Waals surface area contributed by atoms with Gasteiger partial charge in [0.1, 0.15) is 0 Å². The van der Waals surface area contributed by atoms with Crippen molar-refractivity contribution in [2.24, 2.45) is 0 Å². The van der Waals surface area contributed by atoms with E-state index < -0.39 is 0 Å². The van der Waals surface area contributed by atoms with Crippen LogP contribution in [0.15, 0.2) is 4.52 Å². The maximum atomic E-state index is 11.8. The average Bonchev–Trinajstić information content (AvgIpc) is 2.88. The Morgan fingerprint density at radius 2 is 2.35 bits per heavy atom. The Hall–Kier alpha value is -1.43. The summed E-state index contributed by atoms with van der Waals surface area (Å²) in [6, 6.07) is -0.0522. The maximum absolute atomic E-state index is 11.8. The Balaban J connectivity index is 1.97. The minimum Gasteiger partial charge on any atom is -0.344 e. The summed E-state index contributed by atoms with van der Waals surface area (Å²) in [5.41, 5.74) is 0. The van der Waals surface area contributed by atoms with Crippen LogP contribution in [0.5, 0.6) is 0 Å². The normalized spacial score (nSPS) is 20.6. The molecular weight excluding hydrogens is 220 g/mol. The van der Waals surface area contributed by atoms with Gasteiger partial charge in [0.2, 0.25) is 11.8 Å². The highest BCUT2D eigenvalue weighted by Gasteiger charge is 2.32. The lowest BCUT2D eigenvalue weighted by Crippen LogP contribution is -2.38. The quantitative estimate of drug-likeness (QED) is 0.754. The van der Waals surface area contributed by atoms with E-state index in [1.54, 1.807) is 4.90 Å². The van der Waals surface area contributed by atoms with Gasteiger partial charge in [0.25, 0.3) is 0 Å². The predicted octanol–water partition coefficient (Wildman–Crippen LogP) is 0.294. The smallest absolute Gasteiger partial charge is 0.239 e. The fourth-order valence-electron chi connectivity index (χ4n) is 2.04. The second-order valence-corrected chi connectivity index (χ2v) is 4.44. The Morgan fingerprint density at radius 1 is 1.59 bits per heavy atom. The molecule has 1 atom stereocenters. The predicted molar refractivity (Wildman–Crippen MR) is 61.2 cm³/mol. The molecule has 0 spiro atoms. The third kappa shape index (κ3) is 2.46. The molecule has 17 heavy (non-hydrogen) atoms. The molecule has 1 aliphatic heterocycles. The van der Waals surface area contributed by atoms with Crippen molar-refractivity contribution in [1.82, 2.24) is 19.9 Å². The molecule has 2 rings (SSSR count). The van der Waals surface area contributed by atoms with E-state index in [0.29, 0.717) is 18.3 Å². The van der Waals surface area contributed by atoms with Crippen LogP contribution in [0.2, 0.25) is 0 Å². The number of likely N-dealkylation sites (tertiary alicyclic amines) is 1. The Morgan fingerprint density at radius 3 is 2.88 bits per heavy atom. The van der Waals surface area contributed by atoms with Crippen molar-refractivity contribution < 1.29 is 9.32 Å². The van der Waals surface area contributed by atoms with Gasteiger partial charge in [-0.2, -0.15) is 4.98 Å². The minimum absolute atomic E-state index is 0.0522. The molecule has 94 valence electrons. The lowest BCUT2D eigenvalue weighted by molar-refractivity contribution is -0.130. The molecule has 1 aromatic rings. The zero-order chi connectivity index (χ0) is 12.4. The van der Waals surface area contributed by atoms with E-state index in [2.05, 4.69) is 10.1 Å². The van der Waals surface area contributed by atoms with Gasteiger partial charge in [-0.3, -0.25) is 9.69 Å². The number of nitrogens with zero attached hydrogens (tertiary/aromatic N) is 4. The van der Waals surface area contributed by atoms with Crippen LogP contribution in [-0.4, -0.2) is 52.5 Å². The molecule has 0 saturated carbocycles. The maximum Gasteiger partial charge on any atom is 0.239 e. The molecule has 0 bridgehead atoms. The molecule has 0 N–H and O–H groups in total. The van der Waals surface area contributed by atoms with Crippen LogP contribution in [0, 0.1) is 0 Å². The van der Waals surface area contributed by atoms with Gasteiger partial charge in [-0.25, -0.2) is 0 Å². The van der Waals surface area contributed by atoms with Crippen LogP contribution in [0.4, 0.5) is 0 Å². The molecule has 1 saturated heterocycles. The summed E-state index contributed by atoms with van der Waals surface area (Å²) in [6.07, 6.45) is 1.60. The number of amides is 1. The van der Waals surface area contributed by atoms with E-state index in [1.807, 2.05) is 25.9 Å². The van der Waals surface area contributed by atoms with E-state index in [0.717, 1.165) is 19.4 Å². The van der Waals surface area contributed by atoms with Crippen LogP contribution < -0.4 is 0 Å². The molecule has 1 aromatic heterocycles. The molecule has 1 aliphatic rings. The first-order valence-corrected chi connectivity index (χ1v) is 5.88. The minimum atomic E-state index is -0.0522. The van der Waals surface area contributed by atoms with Crippen molar-refractivity contribution in [2.45, 2.75) is 32.4 Å². The van der Waals surface area contributed by atoms with Crippen molar-refractivity contribution in [1.29, 1.82) is 0 Å². The summed E-state index contributed by atoms with van der Waals surface area (Å²) in [7, 11) is 3.75. The summed E-state index contributed by atoms with van der Waals surface area (Å²) in [5, 5.41) is 3.89. The summed E-state index contributed by atoms with van der Waals surface area (Å²) >= 11 is 0. The third-order valence-corrected chi connectivity index (χ3v) is 3.13. The first-order chi connectivity index (χ1) is 8.11. The van der Waals surface area contributed by atoms with E-state index in [-0.39, 0.29) is 11.9 Å². The second kappa shape index (κ2) is 4.83. The van der Waals surface area contributed by atoms with Crippen LogP contribution >= 0.6 is 0 Å². The number of likely N-dealkylation sites (N-methyl/N-ethyl adjacent to an activating group) is 2. The highest BCUT2D eigenvalue weighted by molar-refractivity contribution is 5.83. The summed E-state index contributed by atoms with van der Waals surface area (Å²) < 4.78 is 5.04. The van der Waals surface area contributed by atoms with Crippen molar-refractivity contribution >= 4 is 5.91 Å². The van der Waals surface area contributed by atoms with Crippen LogP contribution in [0.1, 0.15) is 25.1 Å². The molecule has 1 amide bonds. The lowest BCUT2D eigenvalue weighted by atomic mass is 10.2. The molecule has 6 nitrogen and oxygen atoms in total. The zero-order valence-corrected chi connectivity index (χ0v) is 10.5. The highest BCUT2D eigenvalue weighted by atomic mass is 16.5. The molecule has 0 aromatic carbocycles. The molecule has 2 heterocycles. The van der Waals surface area contributed by atoms with Gasteiger partial charge in [-0.1, -0.05) is 12.1 Å². The standard InChI is InChI=1S/C11H18N4O2/c1-4-10-12-9(13-17-10)7-15(3)8-5-6-14(2)11(8)16/h8H,4-7H2,1-3H3/t8-/m1/s1. The fraction of sp³-hybridized carbons (Fsp3) is 0.727. The van der Waals surface area contributed by atoms with Gasteiger partial charge in [-0.15, -0.1) is 0 Å².